The molecule has 19 heavy (non-hydrogen) atoms. The lowest BCUT2D eigenvalue weighted by molar-refractivity contribution is 0.588. The second-order valence-electron chi connectivity index (χ2n) is 4.45. The molecule has 0 radical (unpaired) electrons. The number of nitriles is 1. The van der Waals surface area contributed by atoms with Crippen LogP contribution in [0.5, 0.6) is 0 Å². The average Bonchev–Trinajstić information content (AvgIpc) is 2.88. The standard InChI is InChI=1S/C15H18N4/c1-2-8-19-9-7-18-15(19)12-17-11-14-5-3-13(10-16)4-6-14/h3-7,9,17H,2,8,11-12H2,1H3. The second-order valence-corrected chi connectivity index (χ2v) is 4.45. The van der Waals surface area contributed by atoms with Crippen LogP contribution in [-0.4, -0.2) is 9.55 Å². The molecule has 0 fully saturated rings. The molecule has 0 spiro atoms. The lowest BCUT2D eigenvalue weighted by Crippen LogP contribution is -2.16. The molecule has 1 aromatic carbocycles. The van der Waals surface area contributed by atoms with E-state index in [2.05, 4.69) is 27.9 Å². The quantitative estimate of drug-likeness (QED) is 0.861. The van der Waals surface area contributed by atoms with Crippen molar-refractivity contribution in [3.63, 3.8) is 0 Å². The van der Waals surface area contributed by atoms with Crippen LogP contribution in [0.25, 0.3) is 0 Å². The number of imidazole rings is 1. The van der Waals surface area contributed by atoms with Gasteiger partial charge in [0, 0.05) is 25.5 Å². The third kappa shape index (κ3) is 3.67. The van der Waals surface area contributed by atoms with E-state index in [1.807, 2.05) is 36.7 Å². The monoisotopic (exact) mass is 254 g/mol. The molecule has 0 amide bonds. The molecule has 98 valence electrons. The smallest absolute Gasteiger partial charge is 0.122 e. The number of nitrogens with one attached hydrogen (secondary N) is 1. The van der Waals surface area contributed by atoms with Crippen LogP contribution in [0.1, 0.15) is 30.3 Å². The summed E-state index contributed by atoms with van der Waals surface area (Å²) >= 11 is 0. The van der Waals surface area contributed by atoms with E-state index in [1.54, 1.807) is 0 Å². The number of hydrogen-bond donors (Lipinski definition) is 1. The van der Waals surface area contributed by atoms with Gasteiger partial charge in [-0.1, -0.05) is 19.1 Å². The van der Waals surface area contributed by atoms with E-state index in [0.717, 1.165) is 31.9 Å². The van der Waals surface area contributed by atoms with Crippen LogP contribution < -0.4 is 5.32 Å². The summed E-state index contributed by atoms with van der Waals surface area (Å²) < 4.78 is 2.17. The van der Waals surface area contributed by atoms with Crippen molar-refractivity contribution in [3.8, 4) is 6.07 Å². The first-order valence-corrected chi connectivity index (χ1v) is 6.53. The maximum absolute atomic E-state index is 8.73. The number of benzene rings is 1. The van der Waals surface area contributed by atoms with Crippen LogP contribution in [0, 0.1) is 11.3 Å². The van der Waals surface area contributed by atoms with Gasteiger partial charge in [0.2, 0.25) is 0 Å². The first-order valence-electron chi connectivity index (χ1n) is 6.53. The predicted molar refractivity (Wildman–Crippen MR) is 74.2 cm³/mol. The second kappa shape index (κ2) is 6.72. The van der Waals surface area contributed by atoms with E-state index in [0.29, 0.717) is 5.56 Å². The molecule has 0 unspecified atom stereocenters. The molecule has 1 aromatic heterocycles. The first kappa shape index (κ1) is 13.3. The zero-order valence-corrected chi connectivity index (χ0v) is 11.1. The van der Waals surface area contributed by atoms with Crippen LogP contribution in [0.3, 0.4) is 0 Å². The van der Waals surface area contributed by atoms with Crippen molar-refractivity contribution in [1.29, 1.82) is 5.26 Å². The molecule has 2 aromatic rings. The molecule has 2 rings (SSSR count). The summed E-state index contributed by atoms with van der Waals surface area (Å²) in [4.78, 5) is 4.35. The highest BCUT2D eigenvalue weighted by Crippen LogP contribution is 2.04. The van der Waals surface area contributed by atoms with Gasteiger partial charge in [-0.3, -0.25) is 0 Å². The maximum Gasteiger partial charge on any atom is 0.122 e. The lowest BCUT2D eigenvalue weighted by Gasteiger charge is -2.08. The fourth-order valence-corrected chi connectivity index (χ4v) is 1.97. The van der Waals surface area contributed by atoms with Crippen LogP contribution in [0.15, 0.2) is 36.7 Å². The molecule has 0 saturated carbocycles. The summed E-state index contributed by atoms with van der Waals surface area (Å²) in [6.45, 7) is 4.71. The van der Waals surface area contributed by atoms with Gasteiger partial charge in [0.05, 0.1) is 18.2 Å². The van der Waals surface area contributed by atoms with E-state index in [1.165, 1.54) is 5.56 Å². The third-order valence-corrected chi connectivity index (χ3v) is 2.96. The van der Waals surface area contributed by atoms with E-state index >= 15 is 0 Å². The summed E-state index contributed by atoms with van der Waals surface area (Å²) in [5.74, 6) is 1.07. The van der Waals surface area contributed by atoms with Crippen molar-refractivity contribution in [3.05, 3.63) is 53.6 Å². The van der Waals surface area contributed by atoms with Crippen molar-refractivity contribution in [2.75, 3.05) is 0 Å². The molecular weight excluding hydrogens is 236 g/mol. The van der Waals surface area contributed by atoms with Crippen molar-refractivity contribution in [2.24, 2.45) is 0 Å². The van der Waals surface area contributed by atoms with E-state index in [9.17, 15) is 0 Å². The Labute approximate surface area is 113 Å². The molecule has 0 aliphatic heterocycles. The Morgan fingerprint density at radius 2 is 2.05 bits per heavy atom. The summed E-state index contributed by atoms with van der Waals surface area (Å²) in [5.41, 5.74) is 1.87. The fourth-order valence-electron chi connectivity index (χ4n) is 1.97. The van der Waals surface area contributed by atoms with Gasteiger partial charge in [-0.15, -0.1) is 0 Å². The van der Waals surface area contributed by atoms with Crippen LogP contribution >= 0.6 is 0 Å². The number of rotatable bonds is 6. The molecule has 4 nitrogen and oxygen atoms in total. The molecule has 1 heterocycles. The van der Waals surface area contributed by atoms with Crippen molar-refractivity contribution < 1.29 is 0 Å². The Bertz CT molecular complexity index is 548. The molecule has 0 atom stereocenters. The minimum absolute atomic E-state index is 0.697. The van der Waals surface area contributed by atoms with E-state index in [4.69, 9.17) is 5.26 Å². The third-order valence-electron chi connectivity index (χ3n) is 2.96. The van der Waals surface area contributed by atoms with E-state index in [-0.39, 0.29) is 0 Å². The molecule has 0 bridgehead atoms. The Balaban J connectivity index is 1.85. The van der Waals surface area contributed by atoms with Gasteiger partial charge >= 0.3 is 0 Å². The average molecular weight is 254 g/mol. The topological polar surface area (TPSA) is 53.6 Å². The molecular formula is C15H18N4. The van der Waals surface area contributed by atoms with Crippen molar-refractivity contribution in [2.45, 2.75) is 33.0 Å². The number of hydrogen-bond acceptors (Lipinski definition) is 3. The summed E-state index contributed by atoms with van der Waals surface area (Å²) in [5, 5.41) is 12.1. The van der Waals surface area contributed by atoms with Crippen molar-refractivity contribution in [1.82, 2.24) is 14.9 Å². The zero-order chi connectivity index (χ0) is 13.5. The lowest BCUT2D eigenvalue weighted by atomic mass is 10.1. The van der Waals surface area contributed by atoms with Crippen LogP contribution in [0.2, 0.25) is 0 Å². The highest BCUT2D eigenvalue weighted by atomic mass is 15.1. The molecule has 0 saturated heterocycles. The van der Waals surface area contributed by atoms with Crippen LogP contribution in [-0.2, 0) is 19.6 Å². The number of nitrogens with zero attached hydrogens (tertiary/aromatic N) is 3. The summed E-state index contributed by atoms with van der Waals surface area (Å²) in [7, 11) is 0. The van der Waals surface area contributed by atoms with Gasteiger partial charge in [-0.05, 0) is 24.1 Å². The normalized spacial score (nSPS) is 10.3. The SMILES string of the molecule is CCCn1ccnc1CNCc1ccc(C#N)cc1. The predicted octanol–water partition coefficient (Wildman–Crippen LogP) is 2.45. The highest BCUT2D eigenvalue weighted by Gasteiger charge is 2.01. The minimum atomic E-state index is 0.697. The Morgan fingerprint density at radius 1 is 1.26 bits per heavy atom. The van der Waals surface area contributed by atoms with Gasteiger partial charge in [-0.2, -0.15) is 5.26 Å². The van der Waals surface area contributed by atoms with Crippen LogP contribution in [0.4, 0.5) is 0 Å². The minimum Gasteiger partial charge on any atom is -0.334 e. The molecule has 1 N–H and O–H groups in total. The van der Waals surface area contributed by atoms with Gasteiger partial charge < -0.3 is 9.88 Å². The van der Waals surface area contributed by atoms with Gasteiger partial charge in [0.25, 0.3) is 0 Å². The molecule has 0 aliphatic rings. The van der Waals surface area contributed by atoms with Crippen molar-refractivity contribution >= 4 is 0 Å². The Hall–Kier alpha value is -2.12. The molecule has 0 aliphatic carbocycles. The highest BCUT2D eigenvalue weighted by molar-refractivity contribution is 5.31. The molecule has 4 heteroatoms. The maximum atomic E-state index is 8.73. The van der Waals surface area contributed by atoms with Gasteiger partial charge in [0.1, 0.15) is 5.82 Å². The Morgan fingerprint density at radius 3 is 2.74 bits per heavy atom. The fraction of sp³-hybridized carbons (Fsp3) is 0.333. The number of aromatic nitrogens is 2. The first-order chi connectivity index (χ1) is 9.33. The largest absolute Gasteiger partial charge is 0.334 e. The summed E-state index contributed by atoms with van der Waals surface area (Å²) in [6.07, 6.45) is 4.97. The Kier molecular flexibility index (Phi) is 4.71. The summed E-state index contributed by atoms with van der Waals surface area (Å²) in [6, 6.07) is 9.76. The number of aryl methyl sites for hydroxylation is 1. The van der Waals surface area contributed by atoms with E-state index < -0.39 is 0 Å². The van der Waals surface area contributed by atoms with Gasteiger partial charge in [-0.25, -0.2) is 4.98 Å². The zero-order valence-electron chi connectivity index (χ0n) is 11.1. The van der Waals surface area contributed by atoms with Gasteiger partial charge in [0.15, 0.2) is 0 Å².